The summed E-state index contributed by atoms with van der Waals surface area (Å²) in [4.78, 5) is 4.29. The Morgan fingerprint density at radius 1 is 1.33 bits per heavy atom. The lowest BCUT2D eigenvalue weighted by Crippen LogP contribution is -2.52. The van der Waals surface area contributed by atoms with Gasteiger partial charge in [0.1, 0.15) is 0 Å². The van der Waals surface area contributed by atoms with Crippen LogP contribution in [-0.4, -0.2) is 66.6 Å². The van der Waals surface area contributed by atoms with Gasteiger partial charge in [0, 0.05) is 47.1 Å². The second kappa shape index (κ2) is 6.70. The number of piperidine rings is 1. The molecular weight excluding hydrogens is 332 g/mol. The standard InChI is InChI=1S/C15H26N4O4S/c1-12-16-14(17-23-12)10-13-4-9-22-15(11-13)5-7-19(8-6-15)24(20,21)18(2)3/h13H,4-11H2,1-3H3. The van der Waals surface area contributed by atoms with E-state index in [0.717, 1.165) is 37.9 Å². The van der Waals surface area contributed by atoms with Gasteiger partial charge in [0.05, 0.1) is 5.60 Å². The highest BCUT2D eigenvalue weighted by molar-refractivity contribution is 7.86. The zero-order valence-electron chi connectivity index (χ0n) is 14.6. The van der Waals surface area contributed by atoms with E-state index in [1.54, 1.807) is 25.3 Å². The number of hydrogen-bond acceptors (Lipinski definition) is 6. The normalized spacial score (nSPS) is 25.4. The number of nitrogens with zero attached hydrogens (tertiary/aromatic N) is 4. The highest BCUT2D eigenvalue weighted by atomic mass is 32.2. The van der Waals surface area contributed by atoms with Gasteiger partial charge in [0.15, 0.2) is 5.82 Å². The molecular formula is C15H26N4O4S. The average molecular weight is 358 g/mol. The summed E-state index contributed by atoms with van der Waals surface area (Å²) in [6.45, 7) is 3.52. The predicted molar refractivity (Wildman–Crippen MR) is 87.6 cm³/mol. The molecule has 0 N–H and O–H groups in total. The van der Waals surface area contributed by atoms with Crippen molar-refractivity contribution in [2.75, 3.05) is 33.8 Å². The van der Waals surface area contributed by atoms with Crippen LogP contribution in [0.15, 0.2) is 4.52 Å². The maximum atomic E-state index is 12.2. The fraction of sp³-hybridized carbons (Fsp3) is 0.867. The number of hydrogen-bond donors (Lipinski definition) is 0. The van der Waals surface area contributed by atoms with Crippen LogP contribution in [0.5, 0.6) is 0 Å². The van der Waals surface area contributed by atoms with Crippen molar-refractivity contribution >= 4 is 10.2 Å². The Bertz CT molecular complexity index is 665. The molecule has 0 aromatic carbocycles. The quantitative estimate of drug-likeness (QED) is 0.797. The van der Waals surface area contributed by atoms with Crippen molar-refractivity contribution in [2.24, 2.45) is 5.92 Å². The highest BCUT2D eigenvalue weighted by Crippen LogP contribution is 2.39. The van der Waals surface area contributed by atoms with E-state index in [1.807, 2.05) is 0 Å². The van der Waals surface area contributed by atoms with E-state index in [0.29, 0.717) is 31.5 Å². The number of aromatic nitrogens is 2. The third-order valence-corrected chi connectivity index (χ3v) is 7.00. The van der Waals surface area contributed by atoms with Gasteiger partial charge >= 0.3 is 0 Å². The molecule has 0 bridgehead atoms. The summed E-state index contributed by atoms with van der Waals surface area (Å²) < 4.78 is 38.5. The second-order valence-electron chi connectivity index (χ2n) is 7.01. The molecule has 3 heterocycles. The van der Waals surface area contributed by atoms with Crippen LogP contribution in [-0.2, 0) is 21.4 Å². The maximum absolute atomic E-state index is 12.2. The topological polar surface area (TPSA) is 88.8 Å². The van der Waals surface area contributed by atoms with Crippen molar-refractivity contribution in [1.82, 2.24) is 18.8 Å². The first-order chi connectivity index (χ1) is 11.3. The zero-order valence-corrected chi connectivity index (χ0v) is 15.4. The fourth-order valence-electron chi connectivity index (χ4n) is 3.69. The van der Waals surface area contributed by atoms with Crippen LogP contribution < -0.4 is 0 Å². The summed E-state index contributed by atoms with van der Waals surface area (Å²) in [5.74, 6) is 1.80. The number of aryl methyl sites for hydroxylation is 1. The molecule has 0 aliphatic carbocycles. The third kappa shape index (κ3) is 3.63. The molecule has 0 radical (unpaired) electrons. The van der Waals surface area contributed by atoms with Crippen LogP contribution in [0.2, 0.25) is 0 Å². The molecule has 2 aliphatic heterocycles. The molecule has 2 saturated heterocycles. The van der Waals surface area contributed by atoms with Gasteiger partial charge in [-0.1, -0.05) is 5.16 Å². The summed E-state index contributed by atoms with van der Waals surface area (Å²) in [6.07, 6.45) is 4.18. The van der Waals surface area contributed by atoms with E-state index >= 15 is 0 Å². The smallest absolute Gasteiger partial charge is 0.281 e. The molecule has 3 rings (SSSR count). The SMILES string of the molecule is Cc1nc(CC2CCOC3(CCN(S(=O)(=O)N(C)C)CC3)C2)no1. The first-order valence-electron chi connectivity index (χ1n) is 8.41. The van der Waals surface area contributed by atoms with Crippen LogP contribution in [0.1, 0.15) is 37.4 Å². The van der Waals surface area contributed by atoms with Crippen molar-refractivity contribution < 1.29 is 17.7 Å². The lowest BCUT2D eigenvalue weighted by molar-refractivity contribution is -0.120. The maximum Gasteiger partial charge on any atom is 0.281 e. The summed E-state index contributed by atoms with van der Waals surface area (Å²) in [5, 5.41) is 3.99. The molecule has 1 aromatic heterocycles. The largest absolute Gasteiger partial charge is 0.375 e. The summed E-state index contributed by atoms with van der Waals surface area (Å²) >= 11 is 0. The van der Waals surface area contributed by atoms with E-state index in [-0.39, 0.29) is 5.60 Å². The molecule has 24 heavy (non-hydrogen) atoms. The summed E-state index contributed by atoms with van der Waals surface area (Å²) in [5.41, 5.74) is -0.208. The van der Waals surface area contributed by atoms with Gasteiger partial charge in [-0.2, -0.15) is 22.0 Å². The number of ether oxygens (including phenoxy) is 1. The Labute approximate surface area is 143 Å². The van der Waals surface area contributed by atoms with Crippen molar-refractivity contribution in [2.45, 2.75) is 44.6 Å². The minimum atomic E-state index is -3.34. The van der Waals surface area contributed by atoms with Crippen LogP contribution in [0.3, 0.4) is 0 Å². The molecule has 1 aromatic rings. The van der Waals surface area contributed by atoms with Gasteiger partial charge in [-0.25, -0.2) is 0 Å². The molecule has 8 nitrogen and oxygen atoms in total. The monoisotopic (exact) mass is 358 g/mol. The molecule has 2 fully saturated rings. The molecule has 2 aliphatic rings. The Morgan fingerprint density at radius 3 is 2.62 bits per heavy atom. The van der Waals surface area contributed by atoms with E-state index in [4.69, 9.17) is 9.26 Å². The van der Waals surface area contributed by atoms with Crippen LogP contribution in [0.25, 0.3) is 0 Å². The highest BCUT2D eigenvalue weighted by Gasteiger charge is 2.43. The Balaban J connectivity index is 1.61. The Kier molecular flexibility index (Phi) is 4.96. The van der Waals surface area contributed by atoms with Crippen molar-refractivity contribution in [1.29, 1.82) is 0 Å². The van der Waals surface area contributed by atoms with Crippen LogP contribution >= 0.6 is 0 Å². The van der Waals surface area contributed by atoms with Crippen molar-refractivity contribution in [3.63, 3.8) is 0 Å². The molecule has 1 atom stereocenters. The van der Waals surface area contributed by atoms with Crippen molar-refractivity contribution in [3.8, 4) is 0 Å². The minimum absolute atomic E-state index is 0.208. The van der Waals surface area contributed by atoms with E-state index in [1.165, 1.54) is 4.31 Å². The first-order valence-corrected chi connectivity index (χ1v) is 9.81. The van der Waals surface area contributed by atoms with Gasteiger partial charge in [-0.15, -0.1) is 0 Å². The van der Waals surface area contributed by atoms with Crippen molar-refractivity contribution in [3.05, 3.63) is 11.7 Å². The predicted octanol–water partition coefficient (Wildman–Crippen LogP) is 0.988. The summed E-state index contributed by atoms with van der Waals surface area (Å²) in [6, 6.07) is 0. The molecule has 136 valence electrons. The second-order valence-corrected chi connectivity index (χ2v) is 9.16. The third-order valence-electron chi connectivity index (χ3n) is 5.06. The number of rotatable bonds is 4. The van der Waals surface area contributed by atoms with Crippen LogP contribution in [0, 0.1) is 12.8 Å². The molecule has 0 saturated carbocycles. The Morgan fingerprint density at radius 2 is 2.04 bits per heavy atom. The fourth-order valence-corrected chi connectivity index (χ4v) is 4.80. The average Bonchev–Trinajstić information content (AvgIpc) is 2.93. The zero-order chi connectivity index (χ0) is 17.4. The molecule has 1 spiro atoms. The Hall–Kier alpha value is -1.03. The van der Waals surface area contributed by atoms with Gasteiger partial charge in [0.2, 0.25) is 5.89 Å². The van der Waals surface area contributed by atoms with Gasteiger partial charge in [-0.3, -0.25) is 0 Å². The van der Waals surface area contributed by atoms with E-state index in [2.05, 4.69) is 10.1 Å². The van der Waals surface area contributed by atoms with Gasteiger partial charge in [0.25, 0.3) is 10.2 Å². The summed E-state index contributed by atoms with van der Waals surface area (Å²) in [7, 11) is -0.197. The van der Waals surface area contributed by atoms with E-state index < -0.39 is 10.2 Å². The van der Waals surface area contributed by atoms with Gasteiger partial charge < -0.3 is 9.26 Å². The molecule has 1 unspecified atom stereocenters. The van der Waals surface area contributed by atoms with Gasteiger partial charge in [-0.05, 0) is 31.6 Å². The molecule has 9 heteroatoms. The van der Waals surface area contributed by atoms with Crippen LogP contribution in [0.4, 0.5) is 0 Å². The lowest BCUT2D eigenvalue weighted by Gasteiger charge is -2.46. The minimum Gasteiger partial charge on any atom is -0.375 e. The van der Waals surface area contributed by atoms with E-state index in [9.17, 15) is 8.42 Å². The lowest BCUT2D eigenvalue weighted by atomic mass is 9.78. The molecule has 0 amide bonds. The first kappa shape index (κ1) is 17.8.